The number of nitrogen functional groups attached to an aromatic ring is 1. The summed E-state index contributed by atoms with van der Waals surface area (Å²) in [6.07, 6.45) is -3.02. The van der Waals surface area contributed by atoms with Gasteiger partial charge in [-0.2, -0.15) is 18.3 Å². The van der Waals surface area contributed by atoms with Gasteiger partial charge in [0.2, 0.25) is 5.91 Å². The predicted molar refractivity (Wildman–Crippen MR) is 145 cm³/mol. The van der Waals surface area contributed by atoms with Crippen molar-refractivity contribution in [2.45, 2.75) is 19.1 Å². The van der Waals surface area contributed by atoms with Gasteiger partial charge in [-0.25, -0.2) is 4.98 Å². The normalized spacial score (nSPS) is 15.1. The summed E-state index contributed by atoms with van der Waals surface area (Å²) >= 11 is 0. The molecule has 8 nitrogen and oxygen atoms in total. The number of anilines is 2. The van der Waals surface area contributed by atoms with Gasteiger partial charge < -0.3 is 16.0 Å². The van der Waals surface area contributed by atoms with E-state index in [2.05, 4.69) is 20.3 Å². The van der Waals surface area contributed by atoms with Crippen LogP contribution in [0.2, 0.25) is 0 Å². The molecular formula is C28H30F3N7O. The molecule has 1 saturated heterocycles. The maximum atomic E-state index is 13.9. The van der Waals surface area contributed by atoms with Crippen LogP contribution in [0.4, 0.5) is 24.8 Å². The number of nitrogens with zero attached hydrogens (tertiary/aromatic N) is 5. The summed E-state index contributed by atoms with van der Waals surface area (Å²) in [5.74, 6) is 0.307. The molecule has 0 radical (unpaired) electrons. The van der Waals surface area contributed by atoms with Gasteiger partial charge >= 0.3 is 6.18 Å². The number of piperazine rings is 1. The third-order valence-electron chi connectivity index (χ3n) is 7.02. The van der Waals surface area contributed by atoms with Crippen molar-refractivity contribution in [2.24, 2.45) is 7.05 Å². The summed E-state index contributed by atoms with van der Waals surface area (Å²) in [6, 6.07) is 13.5. The largest absolute Gasteiger partial charge is 0.416 e. The van der Waals surface area contributed by atoms with Gasteiger partial charge in [0.05, 0.1) is 17.7 Å². The number of aryl methyl sites for hydroxylation is 1. The van der Waals surface area contributed by atoms with Crippen LogP contribution in [0.5, 0.6) is 0 Å². The van der Waals surface area contributed by atoms with Crippen molar-refractivity contribution in [3.63, 3.8) is 0 Å². The number of pyridine rings is 1. The number of rotatable bonds is 6. The highest BCUT2D eigenvalue weighted by atomic mass is 19.4. The van der Waals surface area contributed by atoms with E-state index in [0.717, 1.165) is 54.3 Å². The smallest absolute Gasteiger partial charge is 0.384 e. The maximum absolute atomic E-state index is 13.9. The SMILES string of the molecule is CN1CCN(Cc2ccc(CC(=O)Nc3cc(-c4ccc5cc(N)ncc5c4)n(C)n3)cc2C(F)(F)F)CC1. The van der Waals surface area contributed by atoms with Crippen molar-refractivity contribution in [1.29, 1.82) is 0 Å². The number of hydrogen-bond acceptors (Lipinski definition) is 6. The number of likely N-dealkylation sites (N-methyl/N-ethyl adjacent to an activating group) is 1. The average Bonchev–Trinajstić information content (AvgIpc) is 3.24. The Morgan fingerprint density at radius 1 is 1.00 bits per heavy atom. The summed E-state index contributed by atoms with van der Waals surface area (Å²) in [5, 5.41) is 8.94. The van der Waals surface area contributed by atoms with Crippen LogP contribution < -0.4 is 11.1 Å². The Kier molecular flexibility index (Phi) is 7.28. The number of amides is 1. The fourth-order valence-corrected chi connectivity index (χ4v) is 4.87. The van der Waals surface area contributed by atoms with E-state index in [0.29, 0.717) is 17.2 Å². The minimum Gasteiger partial charge on any atom is -0.384 e. The summed E-state index contributed by atoms with van der Waals surface area (Å²) in [5.41, 5.74) is 7.21. The molecule has 1 amide bonds. The second-order valence-electron chi connectivity index (χ2n) is 10.0. The Labute approximate surface area is 224 Å². The molecule has 1 aliphatic heterocycles. The van der Waals surface area contributed by atoms with E-state index in [9.17, 15) is 18.0 Å². The van der Waals surface area contributed by atoms with E-state index >= 15 is 0 Å². The molecular weight excluding hydrogens is 507 g/mol. The van der Waals surface area contributed by atoms with Crippen LogP contribution in [0.15, 0.2) is 54.7 Å². The Balaban J connectivity index is 1.29. The zero-order valence-corrected chi connectivity index (χ0v) is 21.8. The van der Waals surface area contributed by atoms with Crippen LogP contribution in [0.3, 0.4) is 0 Å². The molecule has 1 fully saturated rings. The number of nitrogens with two attached hydrogens (primary N) is 1. The zero-order valence-electron chi connectivity index (χ0n) is 21.8. The second-order valence-corrected chi connectivity index (χ2v) is 10.0. The minimum atomic E-state index is -4.51. The molecule has 3 N–H and O–H groups in total. The molecule has 4 aromatic rings. The number of carbonyl (C=O) groups is 1. The maximum Gasteiger partial charge on any atom is 0.416 e. The van der Waals surface area contributed by atoms with Gasteiger partial charge in [0, 0.05) is 63.0 Å². The Morgan fingerprint density at radius 3 is 2.51 bits per heavy atom. The number of hydrogen-bond donors (Lipinski definition) is 2. The minimum absolute atomic E-state index is 0.202. The number of nitrogens with one attached hydrogen (secondary N) is 1. The fourth-order valence-electron chi connectivity index (χ4n) is 4.87. The molecule has 1 aliphatic rings. The van der Waals surface area contributed by atoms with Crippen LogP contribution in [0.25, 0.3) is 22.0 Å². The number of fused-ring (bicyclic) bond motifs is 1. The molecule has 0 saturated carbocycles. The van der Waals surface area contributed by atoms with Crippen molar-refractivity contribution >= 4 is 28.3 Å². The van der Waals surface area contributed by atoms with E-state index in [4.69, 9.17) is 5.73 Å². The lowest BCUT2D eigenvalue weighted by atomic mass is 10.0. The van der Waals surface area contributed by atoms with Crippen molar-refractivity contribution < 1.29 is 18.0 Å². The van der Waals surface area contributed by atoms with Gasteiger partial charge in [0.15, 0.2) is 5.82 Å². The molecule has 2 aromatic heterocycles. The number of carbonyl (C=O) groups excluding carboxylic acids is 1. The van der Waals surface area contributed by atoms with Crippen molar-refractivity contribution in [3.05, 3.63) is 71.4 Å². The number of benzene rings is 2. The summed E-state index contributed by atoms with van der Waals surface area (Å²) < 4.78 is 43.3. The van der Waals surface area contributed by atoms with Crippen molar-refractivity contribution in [2.75, 3.05) is 44.3 Å². The lowest BCUT2D eigenvalue weighted by Gasteiger charge is -2.33. The molecule has 0 unspecified atom stereocenters. The van der Waals surface area contributed by atoms with E-state index in [1.807, 2.05) is 30.1 Å². The molecule has 3 heterocycles. The van der Waals surface area contributed by atoms with E-state index in [-0.39, 0.29) is 18.5 Å². The molecule has 204 valence electrons. The lowest BCUT2D eigenvalue weighted by Crippen LogP contribution is -2.44. The number of alkyl halides is 3. The first-order valence-corrected chi connectivity index (χ1v) is 12.6. The van der Waals surface area contributed by atoms with Gasteiger partial charge in [-0.1, -0.05) is 24.3 Å². The quantitative estimate of drug-likeness (QED) is 0.384. The Bertz CT molecular complexity index is 1510. The third-order valence-corrected chi connectivity index (χ3v) is 7.02. The Hall–Kier alpha value is -3.96. The summed E-state index contributed by atoms with van der Waals surface area (Å²) in [6.45, 7) is 3.30. The molecule has 0 aliphatic carbocycles. The molecule has 5 rings (SSSR count). The van der Waals surface area contributed by atoms with Crippen LogP contribution in [0, 0.1) is 0 Å². The molecule has 39 heavy (non-hydrogen) atoms. The number of halogens is 3. The monoisotopic (exact) mass is 537 g/mol. The van der Waals surface area contributed by atoms with Gasteiger partial charge in [-0.05, 0) is 41.8 Å². The van der Waals surface area contributed by atoms with Crippen LogP contribution >= 0.6 is 0 Å². The first kappa shape index (κ1) is 26.6. The third kappa shape index (κ3) is 6.21. The average molecular weight is 538 g/mol. The van der Waals surface area contributed by atoms with Crippen LogP contribution in [-0.4, -0.2) is 63.7 Å². The summed E-state index contributed by atoms with van der Waals surface area (Å²) in [4.78, 5) is 21.1. The first-order chi connectivity index (χ1) is 18.5. The van der Waals surface area contributed by atoms with Crippen LogP contribution in [-0.2, 0) is 31.0 Å². The van der Waals surface area contributed by atoms with Crippen molar-refractivity contribution in [3.8, 4) is 11.3 Å². The molecule has 11 heteroatoms. The van der Waals surface area contributed by atoms with E-state index in [1.165, 1.54) is 6.07 Å². The van der Waals surface area contributed by atoms with Crippen molar-refractivity contribution in [1.82, 2.24) is 24.6 Å². The van der Waals surface area contributed by atoms with E-state index < -0.39 is 17.6 Å². The topological polar surface area (TPSA) is 92.3 Å². The molecule has 0 bridgehead atoms. The highest BCUT2D eigenvalue weighted by Crippen LogP contribution is 2.34. The predicted octanol–water partition coefficient (Wildman–Crippen LogP) is 4.16. The highest BCUT2D eigenvalue weighted by molar-refractivity contribution is 5.92. The first-order valence-electron chi connectivity index (χ1n) is 12.6. The second kappa shape index (κ2) is 10.7. The number of aromatic nitrogens is 3. The Morgan fingerprint density at radius 2 is 1.77 bits per heavy atom. The standard InChI is InChI=1S/C28H30F3N7O/c1-36-7-9-38(10-8-36)17-21-4-3-18(11-23(21)28(29,30)31)12-27(39)34-26-15-24(37(2)35-26)20-6-5-19-14-25(32)33-16-22(19)13-20/h3-6,11,13-16H,7-10,12,17H2,1-2H3,(H2,32,33)(H,34,35,39). The molecule has 0 spiro atoms. The van der Waals surface area contributed by atoms with Gasteiger partial charge in [-0.3, -0.25) is 14.4 Å². The highest BCUT2D eigenvalue weighted by Gasteiger charge is 2.34. The van der Waals surface area contributed by atoms with Gasteiger partial charge in [0.1, 0.15) is 5.82 Å². The fraction of sp³-hybridized carbons (Fsp3) is 0.321. The van der Waals surface area contributed by atoms with Crippen LogP contribution in [0.1, 0.15) is 16.7 Å². The molecule has 2 aromatic carbocycles. The van der Waals surface area contributed by atoms with Gasteiger partial charge in [-0.15, -0.1) is 0 Å². The summed E-state index contributed by atoms with van der Waals surface area (Å²) in [7, 11) is 3.76. The van der Waals surface area contributed by atoms with E-state index in [1.54, 1.807) is 36.1 Å². The lowest BCUT2D eigenvalue weighted by molar-refractivity contribution is -0.138. The van der Waals surface area contributed by atoms with Gasteiger partial charge in [0.25, 0.3) is 0 Å². The molecule has 0 atom stereocenters. The zero-order chi connectivity index (χ0) is 27.7.